The predicted molar refractivity (Wildman–Crippen MR) is 64.6 cm³/mol. The average Bonchev–Trinajstić information content (AvgIpc) is 2.27. The number of ether oxygens (including phenoxy) is 1. The Morgan fingerprint density at radius 2 is 1.89 bits per heavy atom. The Bertz CT molecular complexity index is 363. The summed E-state index contributed by atoms with van der Waals surface area (Å²) in [6, 6.07) is 5.25. The van der Waals surface area contributed by atoms with E-state index in [1.165, 1.54) is 18.2 Å². The van der Waals surface area contributed by atoms with Crippen molar-refractivity contribution in [2.75, 3.05) is 19.7 Å². The van der Waals surface area contributed by atoms with Crippen LogP contribution in [0.1, 0.15) is 19.4 Å². The van der Waals surface area contributed by atoms with E-state index in [9.17, 15) is 13.2 Å². The van der Waals surface area contributed by atoms with Crippen LogP contribution in [-0.4, -0.2) is 19.7 Å². The van der Waals surface area contributed by atoms with Gasteiger partial charge in [0.15, 0.2) is 0 Å². The van der Waals surface area contributed by atoms with Crippen LogP contribution in [0.3, 0.4) is 0 Å². The van der Waals surface area contributed by atoms with E-state index in [0.29, 0.717) is 12.5 Å². The molecule has 1 aromatic rings. The summed E-state index contributed by atoms with van der Waals surface area (Å²) in [5.74, 6) is 0.392. The highest BCUT2D eigenvalue weighted by molar-refractivity contribution is 5.35. The second-order valence-electron chi connectivity index (χ2n) is 4.44. The Morgan fingerprint density at radius 3 is 2.50 bits per heavy atom. The number of halogens is 3. The van der Waals surface area contributed by atoms with E-state index >= 15 is 0 Å². The first-order valence-electron chi connectivity index (χ1n) is 5.91. The number of para-hydroxylation sites is 1. The topological polar surface area (TPSA) is 21.3 Å². The van der Waals surface area contributed by atoms with Crippen molar-refractivity contribution in [3.8, 4) is 5.75 Å². The lowest BCUT2D eigenvalue weighted by Crippen LogP contribution is -2.25. The minimum absolute atomic E-state index is 0.114. The van der Waals surface area contributed by atoms with Crippen LogP contribution in [0.2, 0.25) is 0 Å². The van der Waals surface area contributed by atoms with Gasteiger partial charge in [-0.15, -0.1) is 0 Å². The van der Waals surface area contributed by atoms with Gasteiger partial charge in [-0.3, -0.25) is 0 Å². The van der Waals surface area contributed by atoms with Crippen molar-refractivity contribution < 1.29 is 17.9 Å². The molecule has 1 N–H and O–H groups in total. The number of hydrogen-bond donors (Lipinski definition) is 1. The van der Waals surface area contributed by atoms with Crippen LogP contribution in [-0.2, 0) is 6.18 Å². The second kappa shape index (κ2) is 6.64. The fraction of sp³-hybridized carbons (Fsp3) is 0.538. The van der Waals surface area contributed by atoms with E-state index in [1.807, 2.05) is 0 Å². The number of alkyl halides is 3. The first-order valence-corrected chi connectivity index (χ1v) is 5.91. The van der Waals surface area contributed by atoms with Crippen molar-refractivity contribution in [1.29, 1.82) is 0 Å². The van der Waals surface area contributed by atoms with Gasteiger partial charge in [0.2, 0.25) is 0 Å². The zero-order chi connectivity index (χ0) is 13.6. The van der Waals surface area contributed by atoms with Crippen LogP contribution in [0.15, 0.2) is 24.3 Å². The molecule has 102 valence electrons. The molecule has 0 aromatic heterocycles. The van der Waals surface area contributed by atoms with Gasteiger partial charge in [0.1, 0.15) is 12.4 Å². The number of benzene rings is 1. The largest absolute Gasteiger partial charge is 0.492 e. The first-order chi connectivity index (χ1) is 8.41. The average molecular weight is 261 g/mol. The standard InChI is InChI=1S/C13H18F3NO/c1-10(2)9-17-7-8-18-12-6-4-3-5-11(12)13(14,15)16/h3-6,10,17H,7-9H2,1-2H3. The van der Waals surface area contributed by atoms with Crippen LogP contribution in [0.25, 0.3) is 0 Å². The van der Waals surface area contributed by atoms with Gasteiger partial charge in [-0.2, -0.15) is 13.2 Å². The number of hydrogen-bond acceptors (Lipinski definition) is 2. The summed E-state index contributed by atoms with van der Waals surface area (Å²) in [6.45, 7) is 5.70. The molecule has 0 fully saturated rings. The fourth-order valence-electron chi connectivity index (χ4n) is 1.45. The molecule has 0 aliphatic heterocycles. The normalized spacial score (nSPS) is 11.9. The quantitative estimate of drug-likeness (QED) is 0.793. The Balaban J connectivity index is 2.47. The van der Waals surface area contributed by atoms with Crippen LogP contribution >= 0.6 is 0 Å². The highest BCUT2D eigenvalue weighted by Crippen LogP contribution is 2.35. The molecule has 0 heterocycles. The number of rotatable bonds is 6. The van der Waals surface area contributed by atoms with E-state index in [2.05, 4.69) is 19.2 Å². The Hall–Kier alpha value is -1.23. The van der Waals surface area contributed by atoms with E-state index in [1.54, 1.807) is 0 Å². The lowest BCUT2D eigenvalue weighted by Gasteiger charge is -2.14. The van der Waals surface area contributed by atoms with Gasteiger partial charge >= 0.3 is 6.18 Å². The maximum atomic E-state index is 12.6. The maximum absolute atomic E-state index is 12.6. The fourth-order valence-corrected chi connectivity index (χ4v) is 1.45. The van der Waals surface area contributed by atoms with Gasteiger partial charge in [0.25, 0.3) is 0 Å². The van der Waals surface area contributed by atoms with Gasteiger partial charge in [0, 0.05) is 6.54 Å². The molecule has 0 saturated carbocycles. The van der Waals surface area contributed by atoms with Crippen molar-refractivity contribution >= 4 is 0 Å². The molecule has 1 rings (SSSR count). The van der Waals surface area contributed by atoms with Crippen LogP contribution < -0.4 is 10.1 Å². The lowest BCUT2D eigenvalue weighted by molar-refractivity contribution is -0.138. The molecule has 0 saturated heterocycles. The summed E-state index contributed by atoms with van der Waals surface area (Å²) in [5, 5.41) is 3.11. The third kappa shape index (κ3) is 4.96. The van der Waals surface area contributed by atoms with Gasteiger partial charge in [-0.05, 0) is 24.6 Å². The van der Waals surface area contributed by atoms with E-state index < -0.39 is 11.7 Å². The van der Waals surface area contributed by atoms with E-state index in [4.69, 9.17) is 4.74 Å². The summed E-state index contributed by atoms with van der Waals surface area (Å²) < 4.78 is 43.1. The molecule has 0 unspecified atom stereocenters. The summed E-state index contributed by atoms with van der Waals surface area (Å²) >= 11 is 0. The third-order valence-electron chi connectivity index (χ3n) is 2.28. The van der Waals surface area contributed by atoms with Crippen molar-refractivity contribution in [1.82, 2.24) is 5.32 Å². The predicted octanol–water partition coefficient (Wildman–Crippen LogP) is 3.33. The Labute approximate surface area is 105 Å². The molecule has 18 heavy (non-hydrogen) atoms. The monoisotopic (exact) mass is 261 g/mol. The molecule has 0 aliphatic carbocycles. The van der Waals surface area contributed by atoms with Crippen LogP contribution in [0, 0.1) is 5.92 Å². The minimum Gasteiger partial charge on any atom is -0.492 e. The number of nitrogens with one attached hydrogen (secondary N) is 1. The molecule has 2 nitrogen and oxygen atoms in total. The minimum atomic E-state index is -4.37. The van der Waals surface area contributed by atoms with Crippen LogP contribution in [0.4, 0.5) is 13.2 Å². The van der Waals surface area contributed by atoms with Crippen molar-refractivity contribution in [3.63, 3.8) is 0 Å². The van der Waals surface area contributed by atoms with Gasteiger partial charge in [-0.1, -0.05) is 26.0 Å². The molecule has 0 spiro atoms. The highest BCUT2D eigenvalue weighted by Gasteiger charge is 2.33. The third-order valence-corrected chi connectivity index (χ3v) is 2.28. The van der Waals surface area contributed by atoms with Crippen molar-refractivity contribution in [3.05, 3.63) is 29.8 Å². The zero-order valence-electron chi connectivity index (χ0n) is 10.6. The summed E-state index contributed by atoms with van der Waals surface area (Å²) in [6.07, 6.45) is -4.37. The highest BCUT2D eigenvalue weighted by atomic mass is 19.4. The SMILES string of the molecule is CC(C)CNCCOc1ccccc1C(F)(F)F. The summed E-state index contributed by atoms with van der Waals surface area (Å²) in [7, 11) is 0. The molecule has 0 aliphatic rings. The zero-order valence-corrected chi connectivity index (χ0v) is 10.6. The Morgan fingerprint density at radius 1 is 1.22 bits per heavy atom. The van der Waals surface area contributed by atoms with Gasteiger partial charge in [-0.25, -0.2) is 0 Å². The van der Waals surface area contributed by atoms with Crippen LogP contribution in [0.5, 0.6) is 5.75 Å². The first kappa shape index (κ1) is 14.8. The molecule has 5 heteroatoms. The van der Waals surface area contributed by atoms with E-state index in [-0.39, 0.29) is 12.4 Å². The molecule has 0 radical (unpaired) electrons. The maximum Gasteiger partial charge on any atom is 0.419 e. The van der Waals surface area contributed by atoms with Crippen molar-refractivity contribution in [2.45, 2.75) is 20.0 Å². The van der Waals surface area contributed by atoms with E-state index in [0.717, 1.165) is 12.6 Å². The summed E-state index contributed by atoms with van der Waals surface area (Å²) in [4.78, 5) is 0. The Kier molecular flexibility index (Phi) is 5.47. The molecule has 0 bridgehead atoms. The van der Waals surface area contributed by atoms with Gasteiger partial charge in [0.05, 0.1) is 5.56 Å². The smallest absolute Gasteiger partial charge is 0.419 e. The summed E-state index contributed by atoms with van der Waals surface area (Å²) in [5.41, 5.74) is -0.728. The molecular weight excluding hydrogens is 243 g/mol. The molecule has 1 aromatic carbocycles. The van der Waals surface area contributed by atoms with Gasteiger partial charge < -0.3 is 10.1 Å². The lowest BCUT2D eigenvalue weighted by atomic mass is 10.2. The van der Waals surface area contributed by atoms with Crippen molar-refractivity contribution in [2.24, 2.45) is 5.92 Å². The molecule has 0 amide bonds. The molecule has 0 atom stereocenters. The second-order valence-corrected chi connectivity index (χ2v) is 4.44. The molecular formula is C13H18F3NO.